The van der Waals surface area contributed by atoms with Crippen molar-refractivity contribution in [2.45, 2.75) is 55.5 Å². The van der Waals surface area contributed by atoms with Gasteiger partial charge in [0.1, 0.15) is 5.78 Å². The topological polar surface area (TPSA) is 112 Å². The normalized spacial score (nSPS) is 34.6. The molecule has 10 heteroatoms. The zero-order valence-corrected chi connectivity index (χ0v) is 19.1. The second-order valence-corrected chi connectivity index (χ2v) is 9.93. The third-order valence-corrected chi connectivity index (χ3v) is 8.83. The molecule has 1 aromatic carbocycles. The van der Waals surface area contributed by atoms with Gasteiger partial charge in [-0.25, -0.2) is 9.59 Å². The fourth-order valence-corrected chi connectivity index (χ4v) is 7.96. The van der Waals surface area contributed by atoms with E-state index >= 15 is 0 Å². The minimum absolute atomic E-state index is 0.000997. The average Bonchev–Trinajstić information content (AvgIpc) is 3.41. The molecule has 4 atom stereocenters. The third kappa shape index (κ3) is 2.17. The standard InChI is InChI=1S/C24H26N2O8/c1-31-20(29)24-8-7-22-6-3-9-25(12-27)19(22)23(24,11-14(28)10-22)15-4-5-16-18(34-13-33-16)17(15)26(24)21(30)32-2/h4-5,12,19H,3,6-11,13H2,1-2H3/t19-,22+,23+,24?/m0/s1. The Kier molecular flexibility index (Phi) is 4.29. The number of likely N-dealkylation sites (tertiary alicyclic amines) is 1. The smallest absolute Gasteiger partial charge is 0.415 e. The first-order valence-electron chi connectivity index (χ1n) is 11.5. The van der Waals surface area contributed by atoms with Crippen molar-refractivity contribution in [1.82, 2.24) is 4.90 Å². The Morgan fingerprint density at radius 3 is 2.68 bits per heavy atom. The summed E-state index contributed by atoms with van der Waals surface area (Å²) >= 11 is 0. The molecule has 6 rings (SSSR count). The van der Waals surface area contributed by atoms with Crippen LogP contribution in [0, 0.1) is 5.41 Å². The summed E-state index contributed by atoms with van der Waals surface area (Å²) < 4.78 is 21.9. The van der Waals surface area contributed by atoms with Crippen molar-refractivity contribution >= 4 is 29.9 Å². The number of fused-ring (bicyclic) bond motifs is 3. The highest BCUT2D eigenvalue weighted by Gasteiger charge is 2.80. The molecule has 1 saturated heterocycles. The number of rotatable bonds is 2. The van der Waals surface area contributed by atoms with E-state index < -0.39 is 34.5 Å². The van der Waals surface area contributed by atoms with Gasteiger partial charge in [0.05, 0.1) is 31.4 Å². The Hall–Kier alpha value is -3.30. The van der Waals surface area contributed by atoms with Crippen molar-refractivity contribution < 1.29 is 38.1 Å². The van der Waals surface area contributed by atoms with Gasteiger partial charge in [0.15, 0.2) is 17.0 Å². The van der Waals surface area contributed by atoms with Gasteiger partial charge in [-0.1, -0.05) is 6.07 Å². The van der Waals surface area contributed by atoms with Crippen LogP contribution in [0.3, 0.4) is 0 Å². The van der Waals surface area contributed by atoms with Gasteiger partial charge in [0.25, 0.3) is 0 Å². The number of carbonyl (C=O) groups is 4. The number of piperidine rings is 1. The number of hydrogen-bond acceptors (Lipinski definition) is 8. The second kappa shape index (κ2) is 6.86. The van der Waals surface area contributed by atoms with Gasteiger partial charge >= 0.3 is 12.1 Å². The van der Waals surface area contributed by atoms with Crippen LogP contribution >= 0.6 is 0 Å². The van der Waals surface area contributed by atoms with Crippen LogP contribution in [0.15, 0.2) is 12.1 Å². The van der Waals surface area contributed by atoms with Gasteiger partial charge in [-0.3, -0.25) is 14.5 Å². The van der Waals surface area contributed by atoms with Crippen molar-refractivity contribution in [1.29, 1.82) is 0 Å². The van der Waals surface area contributed by atoms with Crippen LogP contribution in [-0.4, -0.2) is 68.3 Å². The van der Waals surface area contributed by atoms with E-state index in [2.05, 4.69) is 0 Å². The molecule has 10 nitrogen and oxygen atoms in total. The zero-order chi connectivity index (χ0) is 23.9. The van der Waals surface area contributed by atoms with Crippen LogP contribution in [-0.2, 0) is 29.3 Å². The highest BCUT2D eigenvalue weighted by Crippen LogP contribution is 2.71. The molecule has 34 heavy (non-hydrogen) atoms. The van der Waals surface area contributed by atoms with Gasteiger partial charge in [-0.2, -0.15) is 0 Å². The van der Waals surface area contributed by atoms with Crippen molar-refractivity contribution in [3.63, 3.8) is 0 Å². The molecule has 0 N–H and O–H groups in total. The Bertz CT molecular complexity index is 1140. The number of amides is 2. The Labute approximate surface area is 196 Å². The summed E-state index contributed by atoms with van der Waals surface area (Å²) in [5, 5.41) is 0. The lowest BCUT2D eigenvalue weighted by atomic mass is 9.42. The minimum Gasteiger partial charge on any atom is -0.467 e. The summed E-state index contributed by atoms with van der Waals surface area (Å²) in [5.74, 6) is 0.132. The lowest BCUT2D eigenvalue weighted by Crippen LogP contribution is -2.79. The number of Topliss-reactive ketones (excluding diaryl/α,β-unsaturated/α-hetero) is 1. The average molecular weight is 470 g/mol. The maximum Gasteiger partial charge on any atom is 0.415 e. The fourth-order valence-electron chi connectivity index (χ4n) is 7.96. The molecule has 0 aromatic heterocycles. The van der Waals surface area contributed by atoms with E-state index in [1.54, 1.807) is 17.0 Å². The number of anilines is 1. The number of carbonyl (C=O) groups excluding carboxylic acids is 4. The van der Waals surface area contributed by atoms with Crippen LogP contribution in [0.25, 0.3) is 0 Å². The zero-order valence-electron chi connectivity index (χ0n) is 19.1. The molecule has 3 heterocycles. The van der Waals surface area contributed by atoms with Gasteiger partial charge in [0.2, 0.25) is 13.2 Å². The quantitative estimate of drug-likeness (QED) is 0.476. The molecule has 3 fully saturated rings. The molecule has 1 unspecified atom stereocenters. The molecule has 2 saturated carbocycles. The second-order valence-electron chi connectivity index (χ2n) is 9.93. The van der Waals surface area contributed by atoms with Crippen LogP contribution in [0.4, 0.5) is 10.5 Å². The first-order valence-corrected chi connectivity index (χ1v) is 11.5. The Morgan fingerprint density at radius 2 is 1.94 bits per heavy atom. The van der Waals surface area contributed by atoms with Crippen LogP contribution in [0.1, 0.15) is 44.1 Å². The summed E-state index contributed by atoms with van der Waals surface area (Å²) in [6.07, 6.45) is 2.71. The molecule has 2 amide bonds. The van der Waals surface area contributed by atoms with Crippen molar-refractivity contribution in [3.05, 3.63) is 17.7 Å². The largest absolute Gasteiger partial charge is 0.467 e. The minimum atomic E-state index is -1.58. The molecule has 5 aliphatic rings. The molecule has 180 valence electrons. The molecular weight excluding hydrogens is 444 g/mol. The summed E-state index contributed by atoms with van der Waals surface area (Å²) in [5.41, 5.74) is -2.30. The molecule has 0 radical (unpaired) electrons. The van der Waals surface area contributed by atoms with Crippen molar-refractivity contribution in [3.8, 4) is 11.5 Å². The lowest BCUT2D eigenvalue weighted by Gasteiger charge is -2.66. The highest BCUT2D eigenvalue weighted by atomic mass is 16.7. The van der Waals surface area contributed by atoms with Gasteiger partial charge in [0, 0.05) is 19.4 Å². The van der Waals surface area contributed by atoms with Gasteiger partial charge in [-0.05, 0) is 42.7 Å². The van der Waals surface area contributed by atoms with E-state index in [4.69, 9.17) is 18.9 Å². The maximum atomic E-state index is 13.9. The van der Waals surface area contributed by atoms with Gasteiger partial charge in [-0.15, -0.1) is 0 Å². The number of ether oxygens (including phenoxy) is 4. The van der Waals surface area contributed by atoms with E-state index in [1.165, 1.54) is 19.1 Å². The fraction of sp³-hybridized carbons (Fsp3) is 0.583. The molecule has 2 bridgehead atoms. The van der Waals surface area contributed by atoms with Crippen LogP contribution < -0.4 is 14.4 Å². The summed E-state index contributed by atoms with van der Waals surface area (Å²) in [6.45, 7) is 0.479. The van der Waals surface area contributed by atoms with E-state index in [1.807, 2.05) is 0 Å². The molecular formula is C24H26N2O8. The number of benzene rings is 1. The molecule has 3 aliphatic heterocycles. The third-order valence-electron chi connectivity index (χ3n) is 8.83. The predicted octanol–water partition coefficient (Wildman–Crippen LogP) is 1.92. The number of nitrogens with zero attached hydrogens (tertiary/aromatic N) is 2. The summed E-state index contributed by atoms with van der Waals surface area (Å²) in [6, 6.07) is 3.07. The van der Waals surface area contributed by atoms with Crippen molar-refractivity contribution in [2.75, 3.05) is 32.5 Å². The number of ketones is 1. The lowest BCUT2D eigenvalue weighted by molar-refractivity contribution is -0.175. The predicted molar refractivity (Wildman–Crippen MR) is 116 cm³/mol. The first kappa shape index (κ1) is 21.2. The van der Waals surface area contributed by atoms with E-state index in [9.17, 15) is 19.2 Å². The van der Waals surface area contributed by atoms with E-state index in [0.717, 1.165) is 19.3 Å². The SMILES string of the molecule is COC(=O)N1c2c(ccc3c2OCO3)[C@]23CC(=O)C[C@@]4(CCCN(C=O)[C@@H]42)CCC13C(=O)OC. The molecule has 1 aromatic rings. The molecule has 1 spiro atoms. The van der Waals surface area contributed by atoms with Crippen LogP contribution in [0.2, 0.25) is 0 Å². The Morgan fingerprint density at radius 1 is 1.12 bits per heavy atom. The summed E-state index contributed by atoms with van der Waals surface area (Å²) in [4.78, 5) is 56.2. The Balaban J connectivity index is 1.75. The first-order chi connectivity index (χ1) is 16.4. The maximum absolute atomic E-state index is 13.9. The summed E-state index contributed by atoms with van der Waals surface area (Å²) in [7, 11) is 2.52. The number of methoxy groups -OCH3 is 2. The highest BCUT2D eigenvalue weighted by molar-refractivity contribution is 6.08. The van der Waals surface area contributed by atoms with Crippen molar-refractivity contribution in [2.24, 2.45) is 5.41 Å². The van der Waals surface area contributed by atoms with E-state index in [-0.39, 0.29) is 25.4 Å². The van der Waals surface area contributed by atoms with E-state index in [0.29, 0.717) is 42.1 Å². The number of esters is 1. The monoisotopic (exact) mass is 470 g/mol. The van der Waals surface area contributed by atoms with Crippen LogP contribution in [0.5, 0.6) is 11.5 Å². The number of hydrogen-bond donors (Lipinski definition) is 0. The molecule has 2 aliphatic carbocycles. The van der Waals surface area contributed by atoms with Gasteiger partial charge < -0.3 is 23.8 Å².